The van der Waals surface area contributed by atoms with E-state index in [0.717, 1.165) is 36.3 Å². The van der Waals surface area contributed by atoms with Gasteiger partial charge in [0.15, 0.2) is 0 Å². The Morgan fingerprint density at radius 1 is 1.31 bits per heavy atom. The van der Waals surface area contributed by atoms with Crippen LogP contribution in [0.4, 0.5) is 5.69 Å². The Labute approximate surface area is 167 Å². The number of hydrogen-bond donors (Lipinski definition) is 2. The predicted molar refractivity (Wildman–Crippen MR) is 108 cm³/mol. The summed E-state index contributed by atoms with van der Waals surface area (Å²) in [6, 6.07) is 11.4. The summed E-state index contributed by atoms with van der Waals surface area (Å²) in [6.45, 7) is 3.77. The highest BCUT2D eigenvalue weighted by Gasteiger charge is 2.23. The maximum absolute atomic E-state index is 12.8. The van der Waals surface area contributed by atoms with Crippen molar-refractivity contribution in [1.82, 2.24) is 24.8 Å². The molecule has 29 heavy (non-hydrogen) atoms. The van der Waals surface area contributed by atoms with E-state index in [2.05, 4.69) is 25.8 Å². The van der Waals surface area contributed by atoms with Crippen molar-refractivity contribution in [3.8, 4) is 11.4 Å². The lowest BCUT2D eigenvalue weighted by Gasteiger charge is -2.09. The first-order valence-corrected chi connectivity index (χ1v) is 9.58. The Balaban J connectivity index is 1.41. The van der Waals surface area contributed by atoms with Crippen molar-refractivity contribution in [3.63, 3.8) is 0 Å². The van der Waals surface area contributed by atoms with E-state index in [1.807, 2.05) is 49.5 Å². The van der Waals surface area contributed by atoms with E-state index in [9.17, 15) is 4.79 Å². The van der Waals surface area contributed by atoms with E-state index in [1.54, 1.807) is 10.6 Å². The number of hydrogen-bond acceptors (Lipinski definition) is 6. The van der Waals surface area contributed by atoms with Gasteiger partial charge >= 0.3 is 0 Å². The van der Waals surface area contributed by atoms with Crippen LogP contribution in [0.25, 0.3) is 17.0 Å². The van der Waals surface area contributed by atoms with Crippen molar-refractivity contribution in [2.75, 3.05) is 18.4 Å². The van der Waals surface area contributed by atoms with E-state index in [4.69, 9.17) is 4.52 Å². The van der Waals surface area contributed by atoms with Gasteiger partial charge in [0, 0.05) is 24.0 Å². The van der Waals surface area contributed by atoms with Gasteiger partial charge in [-0.1, -0.05) is 23.4 Å². The molecule has 0 spiro atoms. The number of aryl methyl sites for hydroxylation is 1. The molecule has 1 saturated heterocycles. The summed E-state index contributed by atoms with van der Waals surface area (Å²) in [7, 11) is 0. The van der Waals surface area contributed by atoms with Crippen LogP contribution in [0.3, 0.4) is 0 Å². The molecule has 5 rings (SSSR count). The van der Waals surface area contributed by atoms with Crippen LogP contribution in [0.2, 0.25) is 0 Å². The average Bonchev–Trinajstić information content (AvgIpc) is 3.49. The van der Waals surface area contributed by atoms with Gasteiger partial charge in [-0.15, -0.1) is 0 Å². The molecule has 1 aliphatic rings. The molecule has 2 N–H and O–H groups in total. The molecule has 1 unspecified atom stereocenters. The molecule has 1 fully saturated rings. The maximum Gasteiger partial charge on any atom is 0.274 e. The molecule has 1 aromatic carbocycles. The summed E-state index contributed by atoms with van der Waals surface area (Å²) in [5.74, 6) is 1.21. The zero-order valence-corrected chi connectivity index (χ0v) is 15.9. The number of rotatable bonds is 4. The van der Waals surface area contributed by atoms with Gasteiger partial charge in [0.1, 0.15) is 11.3 Å². The van der Waals surface area contributed by atoms with Crippen LogP contribution >= 0.6 is 0 Å². The lowest BCUT2D eigenvalue weighted by atomic mass is 10.1. The SMILES string of the molecule is Cc1ccc(-c2noc(C3CCNC3)n2)cc1NC(=O)c1cnc2ccccn12. The first kappa shape index (κ1) is 17.6. The fourth-order valence-corrected chi connectivity index (χ4v) is 3.57. The third kappa shape index (κ3) is 3.27. The normalized spacial score (nSPS) is 16.4. The first-order valence-electron chi connectivity index (χ1n) is 9.58. The van der Waals surface area contributed by atoms with Crippen LogP contribution in [0.5, 0.6) is 0 Å². The lowest BCUT2D eigenvalue weighted by Crippen LogP contribution is -2.15. The van der Waals surface area contributed by atoms with Gasteiger partial charge in [-0.05, 0) is 43.7 Å². The molecule has 8 heteroatoms. The average molecular weight is 388 g/mol. The van der Waals surface area contributed by atoms with Gasteiger partial charge in [-0.25, -0.2) is 4.98 Å². The van der Waals surface area contributed by atoms with Crippen molar-refractivity contribution in [3.05, 3.63) is 65.9 Å². The van der Waals surface area contributed by atoms with Gasteiger partial charge in [0.25, 0.3) is 5.91 Å². The fraction of sp³-hybridized carbons (Fsp3) is 0.238. The van der Waals surface area contributed by atoms with Gasteiger partial charge in [0.2, 0.25) is 11.7 Å². The van der Waals surface area contributed by atoms with Gasteiger partial charge in [-0.3, -0.25) is 9.20 Å². The van der Waals surface area contributed by atoms with E-state index in [1.165, 1.54) is 0 Å². The number of carbonyl (C=O) groups excluding carboxylic acids is 1. The van der Waals surface area contributed by atoms with Crippen molar-refractivity contribution < 1.29 is 9.32 Å². The quantitative estimate of drug-likeness (QED) is 0.558. The van der Waals surface area contributed by atoms with Crippen LogP contribution in [-0.2, 0) is 0 Å². The van der Waals surface area contributed by atoms with Crippen molar-refractivity contribution in [2.24, 2.45) is 0 Å². The number of nitrogens with one attached hydrogen (secondary N) is 2. The third-order valence-electron chi connectivity index (χ3n) is 5.24. The molecular weight excluding hydrogens is 368 g/mol. The molecule has 0 aliphatic carbocycles. The Bertz CT molecular complexity index is 1190. The molecule has 146 valence electrons. The van der Waals surface area contributed by atoms with E-state index in [0.29, 0.717) is 23.1 Å². The van der Waals surface area contributed by atoms with Crippen LogP contribution in [0, 0.1) is 6.92 Å². The summed E-state index contributed by atoms with van der Waals surface area (Å²) in [6.07, 6.45) is 4.39. The van der Waals surface area contributed by atoms with Crippen LogP contribution in [-0.4, -0.2) is 38.5 Å². The summed E-state index contributed by atoms with van der Waals surface area (Å²) < 4.78 is 7.22. The Morgan fingerprint density at radius 3 is 3.10 bits per heavy atom. The number of anilines is 1. The smallest absolute Gasteiger partial charge is 0.274 e. The highest BCUT2D eigenvalue weighted by atomic mass is 16.5. The molecule has 1 aliphatic heterocycles. The minimum Gasteiger partial charge on any atom is -0.339 e. The number of imidazole rings is 1. The molecule has 4 heterocycles. The topological polar surface area (TPSA) is 97.4 Å². The summed E-state index contributed by atoms with van der Waals surface area (Å²) >= 11 is 0. The summed E-state index contributed by atoms with van der Waals surface area (Å²) in [5.41, 5.74) is 3.64. The van der Waals surface area contributed by atoms with Gasteiger partial charge in [-0.2, -0.15) is 4.98 Å². The second-order valence-electron chi connectivity index (χ2n) is 7.20. The van der Waals surface area contributed by atoms with Crippen LogP contribution < -0.4 is 10.6 Å². The minimum atomic E-state index is -0.227. The summed E-state index contributed by atoms with van der Waals surface area (Å²) in [5, 5.41) is 10.4. The van der Waals surface area contributed by atoms with E-state index in [-0.39, 0.29) is 11.8 Å². The van der Waals surface area contributed by atoms with Crippen molar-refractivity contribution >= 4 is 17.2 Å². The van der Waals surface area contributed by atoms with E-state index >= 15 is 0 Å². The molecule has 4 aromatic rings. The van der Waals surface area contributed by atoms with Gasteiger partial charge in [0.05, 0.1) is 12.1 Å². The van der Waals surface area contributed by atoms with Crippen LogP contribution in [0.1, 0.15) is 34.3 Å². The molecule has 1 amide bonds. The Morgan fingerprint density at radius 2 is 2.24 bits per heavy atom. The maximum atomic E-state index is 12.8. The highest BCUT2D eigenvalue weighted by Crippen LogP contribution is 2.27. The first-order chi connectivity index (χ1) is 14.2. The number of benzene rings is 1. The number of aromatic nitrogens is 4. The number of pyridine rings is 1. The molecule has 0 saturated carbocycles. The number of carbonyl (C=O) groups is 1. The highest BCUT2D eigenvalue weighted by molar-refractivity contribution is 6.04. The monoisotopic (exact) mass is 388 g/mol. The standard InChI is InChI=1S/C21H20N6O2/c1-13-5-6-14(19-25-21(29-26-19)15-7-8-22-11-15)10-16(13)24-20(28)17-12-23-18-4-2-3-9-27(17)18/h2-6,9-10,12,15,22H,7-8,11H2,1H3,(H,24,28). The second-order valence-corrected chi connectivity index (χ2v) is 7.20. The largest absolute Gasteiger partial charge is 0.339 e. The molecule has 3 aromatic heterocycles. The zero-order valence-electron chi connectivity index (χ0n) is 15.9. The lowest BCUT2D eigenvalue weighted by molar-refractivity contribution is 0.102. The molecule has 1 atom stereocenters. The number of amides is 1. The van der Waals surface area contributed by atoms with Crippen molar-refractivity contribution in [2.45, 2.75) is 19.3 Å². The fourth-order valence-electron chi connectivity index (χ4n) is 3.57. The molecule has 0 bridgehead atoms. The van der Waals surface area contributed by atoms with Crippen molar-refractivity contribution in [1.29, 1.82) is 0 Å². The molecule has 8 nitrogen and oxygen atoms in total. The Kier molecular flexibility index (Phi) is 4.33. The third-order valence-corrected chi connectivity index (χ3v) is 5.24. The Hall–Kier alpha value is -3.52. The van der Waals surface area contributed by atoms with Gasteiger partial charge < -0.3 is 15.2 Å². The summed E-state index contributed by atoms with van der Waals surface area (Å²) in [4.78, 5) is 21.7. The predicted octanol–water partition coefficient (Wildman–Crippen LogP) is 3.02. The molecule has 0 radical (unpaired) electrons. The van der Waals surface area contributed by atoms with Crippen LogP contribution in [0.15, 0.2) is 53.3 Å². The van der Waals surface area contributed by atoms with E-state index < -0.39 is 0 Å². The minimum absolute atomic E-state index is 0.227. The zero-order chi connectivity index (χ0) is 19.8. The second kappa shape index (κ2) is 7.14. The number of fused-ring (bicyclic) bond motifs is 1. The number of nitrogens with zero attached hydrogens (tertiary/aromatic N) is 4. The molecular formula is C21H20N6O2.